The zero-order valence-corrected chi connectivity index (χ0v) is 10.3. The van der Waals surface area contributed by atoms with Gasteiger partial charge >= 0.3 is 0 Å². The second-order valence-corrected chi connectivity index (χ2v) is 5.92. The summed E-state index contributed by atoms with van der Waals surface area (Å²) in [7, 11) is 0. The Balaban J connectivity index is 1.80. The molecule has 0 spiro atoms. The molecule has 0 N–H and O–H groups in total. The summed E-state index contributed by atoms with van der Waals surface area (Å²) in [5.74, 6) is 4.36. The molecule has 0 heterocycles. The predicted molar refractivity (Wildman–Crippen MR) is 62.2 cm³/mol. The maximum absolute atomic E-state index is 2.48. The molecule has 2 rings (SSSR count). The highest BCUT2D eigenvalue weighted by Gasteiger charge is 2.82. The van der Waals surface area contributed by atoms with Crippen molar-refractivity contribution in [2.45, 2.75) is 59.8 Å². The molecule has 2 fully saturated rings. The van der Waals surface area contributed by atoms with Gasteiger partial charge in [-0.25, -0.2) is 0 Å². The molecule has 2 aliphatic carbocycles. The lowest BCUT2D eigenvalue weighted by Crippen LogP contribution is -2.10. The van der Waals surface area contributed by atoms with Crippen molar-refractivity contribution in [3.8, 4) is 0 Å². The third-order valence-electron chi connectivity index (χ3n) is 5.00. The van der Waals surface area contributed by atoms with E-state index < -0.39 is 0 Å². The summed E-state index contributed by atoms with van der Waals surface area (Å²) < 4.78 is 0. The van der Waals surface area contributed by atoms with Gasteiger partial charge in [0, 0.05) is 0 Å². The molecule has 0 aliphatic heterocycles. The average molecular weight is 194 g/mol. The van der Waals surface area contributed by atoms with Gasteiger partial charge in [0.25, 0.3) is 0 Å². The monoisotopic (exact) mass is 194 g/mol. The third kappa shape index (κ3) is 1.33. The zero-order valence-electron chi connectivity index (χ0n) is 10.3. The van der Waals surface area contributed by atoms with Crippen molar-refractivity contribution in [2.75, 3.05) is 0 Å². The van der Waals surface area contributed by atoms with Crippen molar-refractivity contribution in [3.63, 3.8) is 0 Å². The molecule has 0 nitrogen and oxygen atoms in total. The van der Waals surface area contributed by atoms with Gasteiger partial charge in [0.2, 0.25) is 0 Å². The minimum Gasteiger partial charge on any atom is -0.0654 e. The van der Waals surface area contributed by atoms with Crippen LogP contribution in [0.3, 0.4) is 0 Å². The van der Waals surface area contributed by atoms with Crippen molar-refractivity contribution >= 4 is 0 Å². The van der Waals surface area contributed by atoms with Gasteiger partial charge in [-0.2, -0.15) is 0 Å². The van der Waals surface area contributed by atoms with E-state index in [0.29, 0.717) is 0 Å². The van der Waals surface area contributed by atoms with Gasteiger partial charge in [0.15, 0.2) is 0 Å². The summed E-state index contributed by atoms with van der Waals surface area (Å²) in [5, 5.41) is 0. The molecular formula is C14H26. The molecule has 82 valence electrons. The molecule has 0 aromatic carbocycles. The van der Waals surface area contributed by atoms with E-state index >= 15 is 0 Å². The molecular weight excluding hydrogens is 168 g/mol. The Morgan fingerprint density at radius 3 is 2.43 bits per heavy atom. The van der Waals surface area contributed by atoms with Gasteiger partial charge in [-0.3, -0.25) is 0 Å². The van der Waals surface area contributed by atoms with Crippen LogP contribution in [0.15, 0.2) is 0 Å². The van der Waals surface area contributed by atoms with E-state index in [9.17, 15) is 0 Å². The van der Waals surface area contributed by atoms with E-state index in [2.05, 4.69) is 27.7 Å². The third-order valence-corrected chi connectivity index (χ3v) is 5.00. The Labute approximate surface area is 89.5 Å². The molecule has 2 saturated carbocycles. The quantitative estimate of drug-likeness (QED) is 0.584. The molecule has 0 amide bonds. The molecule has 0 bridgehead atoms. The maximum Gasteiger partial charge on any atom is -0.0201 e. The second-order valence-electron chi connectivity index (χ2n) is 5.92. The lowest BCUT2D eigenvalue weighted by Gasteiger charge is -2.19. The van der Waals surface area contributed by atoms with E-state index in [-0.39, 0.29) is 0 Å². The first-order valence-corrected chi connectivity index (χ1v) is 6.68. The van der Waals surface area contributed by atoms with Crippen LogP contribution >= 0.6 is 0 Å². The van der Waals surface area contributed by atoms with E-state index in [1.54, 1.807) is 0 Å². The van der Waals surface area contributed by atoms with Crippen LogP contribution in [0.2, 0.25) is 0 Å². The first-order valence-electron chi connectivity index (χ1n) is 6.68. The van der Waals surface area contributed by atoms with E-state index in [0.717, 1.165) is 29.1 Å². The molecule has 0 saturated heterocycles. The standard InChI is InChI=1S/C14H26/c1-5-7-10(3)9-14-11(4)13(14)12(14)8-6-2/h10-13H,5-9H2,1-4H3. The van der Waals surface area contributed by atoms with Crippen molar-refractivity contribution < 1.29 is 0 Å². The Morgan fingerprint density at radius 2 is 1.93 bits per heavy atom. The first kappa shape index (κ1) is 10.5. The van der Waals surface area contributed by atoms with Crippen molar-refractivity contribution in [3.05, 3.63) is 0 Å². The number of hydrogen-bond acceptors (Lipinski definition) is 0. The zero-order chi connectivity index (χ0) is 10.3. The minimum atomic E-state index is 0.866. The summed E-state index contributed by atoms with van der Waals surface area (Å²) >= 11 is 0. The van der Waals surface area contributed by atoms with Gasteiger partial charge in [0.05, 0.1) is 0 Å². The van der Waals surface area contributed by atoms with Crippen LogP contribution in [0.5, 0.6) is 0 Å². The molecule has 0 heteroatoms. The number of hydrogen-bond donors (Lipinski definition) is 0. The molecule has 0 aromatic heterocycles. The molecule has 5 unspecified atom stereocenters. The minimum absolute atomic E-state index is 0.866. The predicted octanol–water partition coefficient (Wildman–Crippen LogP) is 4.49. The molecule has 14 heavy (non-hydrogen) atoms. The Morgan fingerprint density at radius 1 is 1.21 bits per heavy atom. The summed E-state index contributed by atoms with van der Waals surface area (Å²) in [6, 6.07) is 0. The van der Waals surface area contributed by atoms with Crippen LogP contribution in [-0.4, -0.2) is 0 Å². The lowest BCUT2D eigenvalue weighted by atomic mass is 9.86. The topological polar surface area (TPSA) is 0 Å². The highest BCUT2D eigenvalue weighted by atomic mass is 14.9. The smallest absolute Gasteiger partial charge is 0.0201 e. The summed E-state index contributed by atoms with van der Waals surface area (Å²) in [6.45, 7) is 9.60. The van der Waals surface area contributed by atoms with Crippen LogP contribution in [0, 0.1) is 29.1 Å². The second kappa shape index (κ2) is 3.54. The van der Waals surface area contributed by atoms with Gasteiger partial charge < -0.3 is 0 Å². The van der Waals surface area contributed by atoms with Crippen molar-refractivity contribution in [2.24, 2.45) is 29.1 Å². The Hall–Kier alpha value is 0. The molecule has 0 radical (unpaired) electrons. The fourth-order valence-corrected chi connectivity index (χ4v) is 4.27. The van der Waals surface area contributed by atoms with Crippen LogP contribution in [0.4, 0.5) is 0 Å². The molecule has 5 atom stereocenters. The number of fused-ring (bicyclic) bond motifs is 1. The normalized spacial score (nSPS) is 45.9. The van der Waals surface area contributed by atoms with Crippen LogP contribution in [-0.2, 0) is 0 Å². The largest absolute Gasteiger partial charge is 0.0654 e. The van der Waals surface area contributed by atoms with E-state index in [4.69, 9.17) is 0 Å². The van der Waals surface area contributed by atoms with Crippen LogP contribution < -0.4 is 0 Å². The molecule has 2 aliphatic rings. The summed E-state index contributed by atoms with van der Waals surface area (Å²) in [6.07, 6.45) is 7.26. The fourth-order valence-electron chi connectivity index (χ4n) is 4.27. The van der Waals surface area contributed by atoms with E-state index in [1.807, 2.05) is 0 Å². The van der Waals surface area contributed by atoms with Gasteiger partial charge in [-0.15, -0.1) is 0 Å². The Kier molecular flexibility index (Phi) is 2.66. The highest BCUT2D eigenvalue weighted by Crippen LogP contribution is 2.87. The average Bonchev–Trinajstić information content (AvgIpc) is 2.94. The van der Waals surface area contributed by atoms with Crippen LogP contribution in [0.1, 0.15) is 59.8 Å². The summed E-state index contributed by atoms with van der Waals surface area (Å²) in [4.78, 5) is 0. The van der Waals surface area contributed by atoms with Gasteiger partial charge in [-0.05, 0) is 41.9 Å². The SMILES string of the molecule is CCCC(C)CC12C(C)C1C2CCC. The van der Waals surface area contributed by atoms with Gasteiger partial charge in [-0.1, -0.05) is 47.0 Å². The summed E-state index contributed by atoms with van der Waals surface area (Å²) in [5.41, 5.74) is 0.866. The van der Waals surface area contributed by atoms with Crippen molar-refractivity contribution in [1.82, 2.24) is 0 Å². The van der Waals surface area contributed by atoms with E-state index in [1.165, 1.54) is 32.1 Å². The van der Waals surface area contributed by atoms with Gasteiger partial charge in [0.1, 0.15) is 0 Å². The maximum atomic E-state index is 2.48. The van der Waals surface area contributed by atoms with Crippen LogP contribution in [0.25, 0.3) is 0 Å². The Bertz CT molecular complexity index is 208. The van der Waals surface area contributed by atoms with Crippen molar-refractivity contribution in [1.29, 1.82) is 0 Å². The fraction of sp³-hybridized carbons (Fsp3) is 1.00. The highest BCUT2D eigenvalue weighted by molar-refractivity contribution is 5.29. The molecule has 0 aromatic rings. The number of rotatable bonds is 6. The first-order chi connectivity index (χ1) is 6.68. The lowest BCUT2D eigenvalue weighted by molar-refractivity contribution is 0.305.